The first kappa shape index (κ1) is 21.5. The highest BCUT2D eigenvalue weighted by atomic mass is 32.1. The largest absolute Gasteiger partial charge is 0.379 e. The van der Waals surface area contributed by atoms with Crippen molar-refractivity contribution in [3.8, 4) is 5.69 Å². The lowest BCUT2D eigenvalue weighted by Crippen LogP contribution is -2.49. The second-order valence-electron chi connectivity index (χ2n) is 8.72. The summed E-state index contributed by atoms with van der Waals surface area (Å²) in [5.41, 5.74) is 3.77. The molecule has 0 aliphatic carbocycles. The first-order chi connectivity index (χ1) is 16.8. The molecule has 2 saturated heterocycles. The molecule has 6 heterocycles. The fourth-order valence-electron chi connectivity index (χ4n) is 4.80. The molecule has 0 amide bonds. The van der Waals surface area contributed by atoms with Gasteiger partial charge in [0, 0.05) is 56.5 Å². The third-order valence-corrected chi connectivity index (χ3v) is 7.33. The number of nitrogens with one attached hydrogen (secondary N) is 1. The third-order valence-electron chi connectivity index (χ3n) is 6.66. The fourth-order valence-corrected chi connectivity index (χ4v) is 5.43. The lowest BCUT2D eigenvalue weighted by atomic mass is 10.0. The summed E-state index contributed by atoms with van der Waals surface area (Å²) in [5, 5.41) is 7.67. The van der Waals surface area contributed by atoms with Gasteiger partial charge in [-0.1, -0.05) is 6.07 Å². The standard InChI is InChI=1S/C24H28N8OS/c1-2-18(14-25-6-1)15-26-22-21-23(32(17-27-21)20-5-13-34-16-20)29-24(28-22)31-7-3-19(4-8-31)30-9-11-33-12-10-30/h1-2,5-6,13-14,16-17,19H,3-4,7-12,15H2,(H,26,28,29). The number of piperidine rings is 1. The minimum Gasteiger partial charge on any atom is -0.379 e. The Morgan fingerprint density at radius 2 is 1.97 bits per heavy atom. The van der Waals surface area contributed by atoms with Crippen LogP contribution in [0.1, 0.15) is 18.4 Å². The molecule has 1 N–H and O–H groups in total. The van der Waals surface area contributed by atoms with Crippen LogP contribution in [-0.2, 0) is 11.3 Å². The summed E-state index contributed by atoms with van der Waals surface area (Å²) in [6.07, 6.45) is 7.72. The number of ether oxygens (including phenoxy) is 1. The SMILES string of the molecule is c1cncc(CNc2nc(N3CCC(N4CCOCC4)CC3)nc3c2ncn3-c2ccsc2)c1. The molecule has 0 saturated carbocycles. The summed E-state index contributed by atoms with van der Waals surface area (Å²) in [4.78, 5) is 23.7. The maximum Gasteiger partial charge on any atom is 0.229 e. The zero-order valence-corrected chi connectivity index (χ0v) is 19.8. The number of hydrogen-bond donors (Lipinski definition) is 1. The van der Waals surface area contributed by atoms with Crippen LogP contribution < -0.4 is 10.2 Å². The van der Waals surface area contributed by atoms with E-state index in [-0.39, 0.29) is 0 Å². The molecule has 4 aromatic rings. The average molecular weight is 477 g/mol. The van der Waals surface area contributed by atoms with Gasteiger partial charge in [0.05, 0.1) is 18.9 Å². The molecule has 2 aliphatic heterocycles. The number of thiophene rings is 1. The molecule has 10 heteroatoms. The van der Waals surface area contributed by atoms with Crippen LogP contribution in [0.15, 0.2) is 47.7 Å². The van der Waals surface area contributed by atoms with Crippen molar-refractivity contribution in [2.45, 2.75) is 25.4 Å². The van der Waals surface area contributed by atoms with Crippen molar-refractivity contribution in [2.75, 3.05) is 49.6 Å². The highest BCUT2D eigenvalue weighted by Crippen LogP contribution is 2.28. The first-order valence-corrected chi connectivity index (χ1v) is 12.8. The Hall–Kier alpha value is -3.08. The zero-order chi connectivity index (χ0) is 22.7. The van der Waals surface area contributed by atoms with Gasteiger partial charge in [0.2, 0.25) is 5.95 Å². The van der Waals surface area contributed by atoms with Crippen LogP contribution in [0.4, 0.5) is 11.8 Å². The van der Waals surface area contributed by atoms with E-state index in [1.54, 1.807) is 17.5 Å². The quantitative estimate of drug-likeness (QED) is 0.454. The van der Waals surface area contributed by atoms with E-state index in [0.717, 1.165) is 86.4 Å². The number of fused-ring (bicyclic) bond motifs is 1. The van der Waals surface area contributed by atoms with Crippen molar-refractivity contribution in [3.05, 3.63) is 53.2 Å². The highest BCUT2D eigenvalue weighted by Gasteiger charge is 2.28. The predicted octanol–water partition coefficient (Wildman–Crippen LogP) is 3.19. The predicted molar refractivity (Wildman–Crippen MR) is 134 cm³/mol. The van der Waals surface area contributed by atoms with Crippen molar-refractivity contribution in [1.82, 2.24) is 29.4 Å². The zero-order valence-electron chi connectivity index (χ0n) is 19.0. The van der Waals surface area contributed by atoms with Gasteiger partial charge in [0.15, 0.2) is 17.0 Å². The van der Waals surface area contributed by atoms with E-state index in [1.807, 2.05) is 23.2 Å². The number of pyridine rings is 1. The van der Waals surface area contributed by atoms with Gasteiger partial charge in [-0.25, -0.2) is 4.98 Å². The minimum absolute atomic E-state index is 0.614. The van der Waals surface area contributed by atoms with Gasteiger partial charge in [-0.3, -0.25) is 14.5 Å². The van der Waals surface area contributed by atoms with Gasteiger partial charge in [0.1, 0.15) is 6.33 Å². The van der Waals surface area contributed by atoms with Gasteiger partial charge < -0.3 is 15.0 Å². The molecule has 2 fully saturated rings. The summed E-state index contributed by atoms with van der Waals surface area (Å²) < 4.78 is 7.58. The van der Waals surface area contributed by atoms with Crippen LogP contribution >= 0.6 is 11.3 Å². The first-order valence-electron chi connectivity index (χ1n) is 11.8. The van der Waals surface area contributed by atoms with E-state index in [2.05, 4.69) is 48.0 Å². The van der Waals surface area contributed by atoms with Crippen LogP contribution in [0.5, 0.6) is 0 Å². The molecule has 176 valence electrons. The molecule has 0 radical (unpaired) electrons. The number of rotatable bonds is 6. The van der Waals surface area contributed by atoms with Gasteiger partial charge in [-0.2, -0.15) is 21.3 Å². The van der Waals surface area contributed by atoms with Crippen LogP contribution in [0.25, 0.3) is 16.9 Å². The lowest BCUT2D eigenvalue weighted by Gasteiger charge is -2.40. The van der Waals surface area contributed by atoms with E-state index in [0.29, 0.717) is 12.6 Å². The Bertz CT molecular complexity index is 1210. The average Bonchev–Trinajstić information content (AvgIpc) is 3.58. The van der Waals surface area contributed by atoms with E-state index in [4.69, 9.17) is 14.7 Å². The second kappa shape index (κ2) is 9.65. The Kier molecular flexibility index (Phi) is 6.09. The minimum atomic E-state index is 0.614. The summed E-state index contributed by atoms with van der Waals surface area (Å²) in [6, 6.07) is 6.70. The fraction of sp³-hybridized carbons (Fsp3) is 0.417. The normalized spacial score (nSPS) is 17.9. The van der Waals surface area contributed by atoms with E-state index < -0.39 is 0 Å². The van der Waals surface area contributed by atoms with Gasteiger partial charge in [-0.05, 0) is 35.9 Å². The molecular weight excluding hydrogens is 448 g/mol. The maximum atomic E-state index is 5.53. The number of morpholine rings is 1. The Labute approximate surface area is 202 Å². The van der Waals surface area contributed by atoms with Crippen molar-refractivity contribution < 1.29 is 4.74 Å². The van der Waals surface area contributed by atoms with Crippen molar-refractivity contribution in [1.29, 1.82) is 0 Å². The van der Waals surface area contributed by atoms with Crippen LogP contribution in [-0.4, -0.2) is 74.8 Å². The molecule has 6 rings (SSSR count). The highest BCUT2D eigenvalue weighted by molar-refractivity contribution is 7.08. The van der Waals surface area contributed by atoms with Crippen molar-refractivity contribution in [3.63, 3.8) is 0 Å². The molecule has 4 aromatic heterocycles. The number of anilines is 2. The maximum absolute atomic E-state index is 5.53. The summed E-state index contributed by atoms with van der Waals surface area (Å²) in [6.45, 7) is 6.29. The molecular formula is C24H28N8OS. The molecule has 0 aromatic carbocycles. The van der Waals surface area contributed by atoms with Crippen molar-refractivity contribution >= 4 is 34.3 Å². The number of imidazole rings is 1. The van der Waals surface area contributed by atoms with Gasteiger partial charge in [0.25, 0.3) is 0 Å². The number of aromatic nitrogens is 5. The summed E-state index contributed by atoms with van der Waals surface area (Å²) in [5.74, 6) is 1.52. The van der Waals surface area contributed by atoms with Crippen LogP contribution in [0.3, 0.4) is 0 Å². The molecule has 0 unspecified atom stereocenters. The lowest BCUT2D eigenvalue weighted by molar-refractivity contribution is 0.0114. The van der Waals surface area contributed by atoms with E-state index in [9.17, 15) is 0 Å². The number of nitrogens with zero attached hydrogens (tertiary/aromatic N) is 7. The topological polar surface area (TPSA) is 84.2 Å². The third kappa shape index (κ3) is 4.36. The second-order valence-corrected chi connectivity index (χ2v) is 9.50. The van der Waals surface area contributed by atoms with E-state index in [1.165, 1.54) is 0 Å². The van der Waals surface area contributed by atoms with Gasteiger partial charge in [-0.15, -0.1) is 0 Å². The molecule has 2 aliphatic rings. The van der Waals surface area contributed by atoms with Crippen molar-refractivity contribution in [2.24, 2.45) is 0 Å². The molecule has 34 heavy (non-hydrogen) atoms. The number of hydrogen-bond acceptors (Lipinski definition) is 9. The molecule has 0 bridgehead atoms. The Morgan fingerprint density at radius 3 is 2.74 bits per heavy atom. The smallest absolute Gasteiger partial charge is 0.229 e. The van der Waals surface area contributed by atoms with Gasteiger partial charge >= 0.3 is 0 Å². The molecule has 0 spiro atoms. The monoisotopic (exact) mass is 476 g/mol. The summed E-state index contributed by atoms with van der Waals surface area (Å²) >= 11 is 1.67. The Balaban J connectivity index is 1.28. The van der Waals surface area contributed by atoms with Crippen LogP contribution in [0.2, 0.25) is 0 Å². The summed E-state index contributed by atoms with van der Waals surface area (Å²) in [7, 11) is 0. The Morgan fingerprint density at radius 1 is 1.09 bits per heavy atom. The molecule has 9 nitrogen and oxygen atoms in total. The van der Waals surface area contributed by atoms with Crippen LogP contribution in [0, 0.1) is 0 Å². The van der Waals surface area contributed by atoms with E-state index >= 15 is 0 Å². The molecule has 0 atom stereocenters.